The smallest absolute Gasteiger partial charge is 0.338 e. The number of aromatic nitrogens is 2. The number of carboxylic acids is 1. The van der Waals surface area contributed by atoms with Crippen LogP contribution in [0.5, 0.6) is 0 Å². The Kier molecular flexibility index (Phi) is 3.53. The lowest BCUT2D eigenvalue weighted by Gasteiger charge is -2.21. The molecule has 1 saturated heterocycles. The molecule has 0 bridgehead atoms. The highest BCUT2D eigenvalue weighted by atomic mass is 16.5. The van der Waals surface area contributed by atoms with E-state index in [4.69, 9.17) is 9.84 Å². The van der Waals surface area contributed by atoms with E-state index in [1.165, 1.54) is 12.4 Å². The van der Waals surface area contributed by atoms with E-state index in [1.54, 1.807) is 0 Å². The van der Waals surface area contributed by atoms with E-state index in [1.807, 2.05) is 11.8 Å². The van der Waals surface area contributed by atoms with Gasteiger partial charge in [-0.15, -0.1) is 0 Å². The number of nitrogens with zero attached hydrogens (tertiary/aromatic N) is 3. The van der Waals surface area contributed by atoms with Crippen molar-refractivity contribution in [3.05, 3.63) is 18.0 Å². The zero-order valence-electron chi connectivity index (χ0n) is 9.67. The van der Waals surface area contributed by atoms with Crippen LogP contribution in [0, 0.1) is 0 Å². The fourth-order valence-corrected chi connectivity index (χ4v) is 1.77. The summed E-state index contributed by atoms with van der Waals surface area (Å²) >= 11 is 0. The van der Waals surface area contributed by atoms with Gasteiger partial charge < -0.3 is 14.7 Å². The van der Waals surface area contributed by atoms with Gasteiger partial charge in [0.1, 0.15) is 0 Å². The standard InChI is InChI=1S/C11H15N3O3/c1-8-7-14(3-2-4-17-8)11-12-5-9(6-13-11)10(15)16/h5-6,8H,2-4,7H2,1H3,(H,15,16). The zero-order chi connectivity index (χ0) is 12.3. The maximum atomic E-state index is 10.7. The predicted octanol–water partition coefficient (Wildman–Crippen LogP) is 0.790. The molecule has 1 atom stereocenters. The van der Waals surface area contributed by atoms with Crippen molar-refractivity contribution in [2.75, 3.05) is 24.6 Å². The first kappa shape index (κ1) is 11.8. The molecule has 1 aliphatic rings. The largest absolute Gasteiger partial charge is 0.478 e. The van der Waals surface area contributed by atoms with Gasteiger partial charge in [0, 0.05) is 32.1 Å². The van der Waals surface area contributed by atoms with Gasteiger partial charge in [-0.3, -0.25) is 0 Å². The molecule has 6 nitrogen and oxygen atoms in total. The van der Waals surface area contributed by atoms with E-state index >= 15 is 0 Å². The van der Waals surface area contributed by atoms with Crippen LogP contribution in [0.2, 0.25) is 0 Å². The maximum absolute atomic E-state index is 10.7. The van der Waals surface area contributed by atoms with Crippen molar-refractivity contribution in [2.24, 2.45) is 0 Å². The van der Waals surface area contributed by atoms with Gasteiger partial charge >= 0.3 is 5.97 Å². The van der Waals surface area contributed by atoms with E-state index in [0.29, 0.717) is 5.95 Å². The summed E-state index contributed by atoms with van der Waals surface area (Å²) in [6.45, 7) is 4.30. The predicted molar refractivity (Wildman–Crippen MR) is 61.2 cm³/mol. The SMILES string of the molecule is CC1CN(c2ncc(C(=O)O)cn2)CCCO1. The average Bonchev–Trinajstić information content (AvgIpc) is 2.54. The summed E-state index contributed by atoms with van der Waals surface area (Å²) in [7, 11) is 0. The number of ether oxygens (including phenoxy) is 1. The van der Waals surface area contributed by atoms with Crippen LogP contribution in [0.25, 0.3) is 0 Å². The molecule has 1 fully saturated rings. The van der Waals surface area contributed by atoms with Crippen LogP contribution in [-0.4, -0.2) is 46.8 Å². The van der Waals surface area contributed by atoms with Gasteiger partial charge in [0.25, 0.3) is 0 Å². The Balaban J connectivity index is 2.12. The second-order valence-corrected chi connectivity index (χ2v) is 4.06. The Labute approximate surface area is 99.2 Å². The third-order valence-electron chi connectivity index (χ3n) is 2.62. The molecule has 0 aliphatic carbocycles. The summed E-state index contributed by atoms with van der Waals surface area (Å²) in [6.07, 6.45) is 3.73. The summed E-state index contributed by atoms with van der Waals surface area (Å²) < 4.78 is 5.53. The molecule has 0 saturated carbocycles. The molecule has 2 heterocycles. The summed E-state index contributed by atoms with van der Waals surface area (Å²) in [5.74, 6) is -0.448. The molecule has 17 heavy (non-hydrogen) atoms. The molecule has 0 radical (unpaired) electrons. The van der Waals surface area contributed by atoms with Crippen molar-refractivity contribution in [2.45, 2.75) is 19.4 Å². The Bertz CT molecular complexity index is 393. The Morgan fingerprint density at radius 1 is 1.53 bits per heavy atom. The summed E-state index contributed by atoms with van der Waals surface area (Å²) in [5.41, 5.74) is 0.105. The third-order valence-corrected chi connectivity index (χ3v) is 2.62. The van der Waals surface area contributed by atoms with Crippen LogP contribution in [0.1, 0.15) is 23.7 Å². The number of anilines is 1. The summed E-state index contributed by atoms with van der Waals surface area (Å²) in [4.78, 5) is 20.9. The molecule has 1 aromatic heterocycles. The van der Waals surface area contributed by atoms with E-state index in [-0.39, 0.29) is 11.7 Å². The lowest BCUT2D eigenvalue weighted by atomic mass is 10.3. The van der Waals surface area contributed by atoms with Crippen LogP contribution in [-0.2, 0) is 4.74 Å². The number of rotatable bonds is 2. The highest BCUT2D eigenvalue weighted by Gasteiger charge is 2.17. The van der Waals surface area contributed by atoms with Crippen molar-refractivity contribution < 1.29 is 14.6 Å². The number of hydrogen-bond acceptors (Lipinski definition) is 5. The van der Waals surface area contributed by atoms with Crippen molar-refractivity contribution in [3.8, 4) is 0 Å². The molecule has 1 aliphatic heterocycles. The quantitative estimate of drug-likeness (QED) is 0.819. The molecule has 1 aromatic rings. The minimum atomic E-state index is -1.01. The van der Waals surface area contributed by atoms with Gasteiger partial charge in [0.2, 0.25) is 5.95 Å². The second-order valence-electron chi connectivity index (χ2n) is 4.06. The lowest BCUT2D eigenvalue weighted by Crippen LogP contribution is -2.31. The molecule has 0 spiro atoms. The Morgan fingerprint density at radius 2 is 2.24 bits per heavy atom. The Hall–Kier alpha value is -1.69. The van der Waals surface area contributed by atoms with Crippen LogP contribution in [0.3, 0.4) is 0 Å². The van der Waals surface area contributed by atoms with Gasteiger partial charge in [-0.2, -0.15) is 0 Å². The average molecular weight is 237 g/mol. The molecule has 0 aromatic carbocycles. The van der Waals surface area contributed by atoms with E-state index in [2.05, 4.69) is 9.97 Å². The number of carbonyl (C=O) groups is 1. The van der Waals surface area contributed by atoms with Crippen LogP contribution in [0.15, 0.2) is 12.4 Å². The molecular formula is C11H15N3O3. The van der Waals surface area contributed by atoms with Gasteiger partial charge in [-0.05, 0) is 13.3 Å². The molecule has 2 rings (SSSR count). The van der Waals surface area contributed by atoms with Gasteiger partial charge in [-0.25, -0.2) is 14.8 Å². The lowest BCUT2D eigenvalue weighted by molar-refractivity contribution is 0.0695. The molecule has 1 unspecified atom stereocenters. The molecule has 0 amide bonds. The maximum Gasteiger partial charge on any atom is 0.338 e. The number of hydrogen-bond donors (Lipinski definition) is 1. The van der Waals surface area contributed by atoms with E-state index < -0.39 is 5.97 Å². The van der Waals surface area contributed by atoms with Crippen LogP contribution >= 0.6 is 0 Å². The second kappa shape index (κ2) is 5.09. The topological polar surface area (TPSA) is 75.6 Å². The first-order valence-electron chi connectivity index (χ1n) is 5.58. The molecule has 1 N–H and O–H groups in total. The zero-order valence-corrected chi connectivity index (χ0v) is 9.67. The van der Waals surface area contributed by atoms with Gasteiger partial charge in [-0.1, -0.05) is 0 Å². The summed E-state index contributed by atoms with van der Waals surface area (Å²) in [5, 5.41) is 8.76. The minimum Gasteiger partial charge on any atom is -0.478 e. The van der Waals surface area contributed by atoms with Crippen molar-refractivity contribution >= 4 is 11.9 Å². The number of carboxylic acid groups (broad SMARTS) is 1. The van der Waals surface area contributed by atoms with Gasteiger partial charge in [0.05, 0.1) is 11.7 Å². The van der Waals surface area contributed by atoms with Gasteiger partial charge in [0.15, 0.2) is 0 Å². The normalized spacial score (nSPS) is 21.0. The van der Waals surface area contributed by atoms with E-state index in [9.17, 15) is 4.79 Å². The fourth-order valence-electron chi connectivity index (χ4n) is 1.77. The first-order chi connectivity index (χ1) is 8.16. The van der Waals surface area contributed by atoms with Crippen molar-refractivity contribution in [1.29, 1.82) is 0 Å². The highest BCUT2D eigenvalue weighted by molar-refractivity contribution is 5.86. The van der Waals surface area contributed by atoms with Crippen molar-refractivity contribution in [3.63, 3.8) is 0 Å². The Morgan fingerprint density at radius 3 is 2.88 bits per heavy atom. The first-order valence-corrected chi connectivity index (χ1v) is 5.58. The molecule has 92 valence electrons. The monoisotopic (exact) mass is 237 g/mol. The van der Waals surface area contributed by atoms with E-state index in [0.717, 1.165) is 26.1 Å². The van der Waals surface area contributed by atoms with Crippen LogP contribution < -0.4 is 4.90 Å². The highest BCUT2D eigenvalue weighted by Crippen LogP contribution is 2.12. The third kappa shape index (κ3) is 2.91. The summed E-state index contributed by atoms with van der Waals surface area (Å²) in [6, 6.07) is 0. The van der Waals surface area contributed by atoms with Crippen molar-refractivity contribution in [1.82, 2.24) is 9.97 Å². The minimum absolute atomic E-state index is 0.105. The van der Waals surface area contributed by atoms with Crippen LogP contribution in [0.4, 0.5) is 5.95 Å². The fraction of sp³-hybridized carbons (Fsp3) is 0.545. The number of aromatic carboxylic acids is 1. The molecular weight excluding hydrogens is 222 g/mol. The molecule has 6 heteroatoms.